The van der Waals surface area contributed by atoms with Gasteiger partial charge in [-0.1, -0.05) is 11.6 Å². The number of hydrogen-bond acceptors (Lipinski definition) is 4. The highest BCUT2D eigenvalue weighted by Gasteiger charge is 2.08. The molecule has 2 rings (SSSR count). The van der Waals surface area contributed by atoms with Crippen molar-refractivity contribution in [3.63, 3.8) is 0 Å². The molecule has 78 valence electrons. The smallest absolute Gasteiger partial charge is 0.142 e. The molecule has 2 heterocycles. The summed E-state index contributed by atoms with van der Waals surface area (Å²) in [5, 5.41) is 10.8. The van der Waals surface area contributed by atoms with E-state index in [1.54, 1.807) is 25.4 Å². The first-order valence-corrected chi connectivity index (χ1v) is 5.62. The molecule has 0 radical (unpaired) electrons. The monoisotopic (exact) mass is 240 g/mol. The molecule has 2 aromatic rings. The van der Waals surface area contributed by atoms with E-state index in [2.05, 4.69) is 9.97 Å². The number of rotatable bonds is 2. The molecule has 0 aliphatic rings. The van der Waals surface area contributed by atoms with E-state index in [1.807, 2.05) is 6.07 Å². The first-order valence-electron chi connectivity index (χ1n) is 4.42. The number of aromatic nitrogens is 2. The van der Waals surface area contributed by atoms with Crippen LogP contribution in [0.3, 0.4) is 0 Å². The van der Waals surface area contributed by atoms with Gasteiger partial charge in [-0.2, -0.15) is 0 Å². The molecule has 0 spiro atoms. The summed E-state index contributed by atoms with van der Waals surface area (Å²) in [6, 6.07) is 3.58. The molecule has 0 aromatic carbocycles. The van der Waals surface area contributed by atoms with Gasteiger partial charge < -0.3 is 5.11 Å². The van der Waals surface area contributed by atoms with Gasteiger partial charge in [0.25, 0.3) is 0 Å². The second kappa shape index (κ2) is 4.26. The Bertz CT molecular complexity index is 453. The van der Waals surface area contributed by atoms with E-state index in [4.69, 9.17) is 11.6 Å². The molecule has 3 nitrogen and oxygen atoms in total. The average Bonchev–Trinajstić information content (AvgIpc) is 2.68. The molecular weight excluding hydrogens is 232 g/mol. The summed E-state index contributed by atoms with van der Waals surface area (Å²) in [6.07, 6.45) is 2.77. The maximum Gasteiger partial charge on any atom is 0.142 e. The van der Waals surface area contributed by atoms with E-state index in [-0.39, 0.29) is 0 Å². The Labute approximate surface area is 96.4 Å². The van der Waals surface area contributed by atoms with Crippen molar-refractivity contribution in [3.8, 4) is 10.7 Å². The molecule has 0 bridgehead atoms. The Morgan fingerprint density at radius 3 is 2.67 bits per heavy atom. The Hall–Kier alpha value is -0.970. The number of pyridine rings is 1. The zero-order valence-corrected chi connectivity index (χ0v) is 9.59. The van der Waals surface area contributed by atoms with Crippen LogP contribution in [0.25, 0.3) is 10.7 Å². The summed E-state index contributed by atoms with van der Waals surface area (Å²) >= 11 is 7.17. The van der Waals surface area contributed by atoms with Crippen LogP contribution in [0.4, 0.5) is 0 Å². The lowest BCUT2D eigenvalue weighted by Gasteiger charge is -1.96. The van der Waals surface area contributed by atoms with Crippen molar-refractivity contribution < 1.29 is 5.11 Å². The van der Waals surface area contributed by atoms with Gasteiger partial charge in [-0.15, -0.1) is 11.3 Å². The van der Waals surface area contributed by atoms with E-state index < -0.39 is 6.10 Å². The third kappa shape index (κ3) is 2.34. The maximum absolute atomic E-state index is 9.36. The van der Waals surface area contributed by atoms with Crippen molar-refractivity contribution in [2.75, 3.05) is 0 Å². The summed E-state index contributed by atoms with van der Waals surface area (Å²) in [7, 11) is 0. The zero-order valence-electron chi connectivity index (χ0n) is 8.01. The number of halogens is 1. The number of hydrogen-bond donors (Lipinski definition) is 1. The van der Waals surface area contributed by atoms with Crippen LogP contribution in [-0.2, 0) is 0 Å². The van der Waals surface area contributed by atoms with Crippen molar-refractivity contribution in [2.45, 2.75) is 13.0 Å². The van der Waals surface area contributed by atoms with Gasteiger partial charge in [-0.3, -0.25) is 4.98 Å². The average molecular weight is 241 g/mol. The van der Waals surface area contributed by atoms with Crippen LogP contribution in [0, 0.1) is 0 Å². The molecule has 0 saturated carbocycles. The van der Waals surface area contributed by atoms with Crippen LogP contribution in [0.2, 0.25) is 5.02 Å². The number of aliphatic hydroxyl groups is 1. The SMILES string of the molecule is CC(O)c1cnc(-c2ccc(Cl)cn2)s1. The van der Waals surface area contributed by atoms with Crippen LogP contribution < -0.4 is 0 Å². The van der Waals surface area contributed by atoms with Crippen LogP contribution in [0.5, 0.6) is 0 Å². The second-order valence-electron chi connectivity index (χ2n) is 3.11. The normalized spacial score (nSPS) is 12.7. The Morgan fingerprint density at radius 2 is 2.13 bits per heavy atom. The van der Waals surface area contributed by atoms with E-state index in [1.165, 1.54) is 11.3 Å². The first kappa shape index (κ1) is 10.5. The molecule has 0 aliphatic heterocycles. The van der Waals surface area contributed by atoms with Crippen molar-refractivity contribution >= 4 is 22.9 Å². The summed E-state index contributed by atoms with van der Waals surface area (Å²) in [6.45, 7) is 1.71. The molecule has 1 unspecified atom stereocenters. The molecule has 0 fully saturated rings. The molecular formula is C10H9ClN2OS. The lowest BCUT2D eigenvalue weighted by atomic mass is 10.3. The number of nitrogens with zero attached hydrogens (tertiary/aromatic N) is 2. The molecule has 0 saturated heterocycles. The number of aliphatic hydroxyl groups excluding tert-OH is 1. The molecule has 0 aliphatic carbocycles. The highest BCUT2D eigenvalue weighted by molar-refractivity contribution is 7.15. The van der Waals surface area contributed by atoms with Gasteiger partial charge >= 0.3 is 0 Å². The molecule has 15 heavy (non-hydrogen) atoms. The fourth-order valence-electron chi connectivity index (χ4n) is 1.10. The summed E-state index contributed by atoms with van der Waals surface area (Å²) in [5.41, 5.74) is 0.774. The lowest BCUT2D eigenvalue weighted by Crippen LogP contribution is -1.83. The van der Waals surface area contributed by atoms with Crippen LogP contribution in [0.1, 0.15) is 17.9 Å². The van der Waals surface area contributed by atoms with Gasteiger partial charge in [0.2, 0.25) is 0 Å². The third-order valence-corrected chi connectivity index (χ3v) is 3.30. The minimum Gasteiger partial charge on any atom is -0.388 e. The van der Waals surface area contributed by atoms with Gasteiger partial charge in [0.1, 0.15) is 5.01 Å². The van der Waals surface area contributed by atoms with Gasteiger partial charge in [0, 0.05) is 12.4 Å². The van der Waals surface area contributed by atoms with Crippen molar-refractivity contribution in [3.05, 3.63) is 34.4 Å². The molecule has 1 N–H and O–H groups in total. The minimum atomic E-state index is -0.483. The fourth-order valence-corrected chi connectivity index (χ4v) is 2.04. The molecule has 0 amide bonds. The van der Waals surface area contributed by atoms with Gasteiger partial charge in [0.05, 0.1) is 21.7 Å². The predicted molar refractivity (Wildman–Crippen MR) is 61.0 cm³/mol. The highest BCUT2D eigenvalue weighted by atomic mass is 35.5. The quantitative estimate of drug-likeness (QED) is 0.878. The van der Waals surface area contributed by atoms with Crippen molar-refractivity contribution in [2.24, 2.45) is 0 Å². The lowest BCUT2D eigenvalue weighted by molar-refractivity contribution is 0.203. The second-order valence-corrected chi connectivity index (χ2v) is 4.60. The topological polar surface area (TPSA) is 46.0 Å². The Morgan fingerprint density at radius 1 is 1.33 bits per heavy atom. The van der Waals surface area contributed by atoms with Crippen molar-refractivity contribution in [1.82, 2.24) is 9.97 Å². The fraction of sp³-hybridized carbons (Fsp3) is 0.200. The Kier molecular flexibility index (Phi) is 3.00. The van der Waals surface area contributed by atoms with E-state index in [9.17, 15) is 5.11 Å². The highest BCUT2D eigenvalue weighted by Crippen LogP contribution is 2.27. The van der Waals surface area contributed by atoms with Crippen LogP contribution in [0.15, 0.2) is 24.5 Å². The molecule has 1 atom stereocenters. The first-order chi connectivity index (χ1) is 7.16. The summed E-state index contributed by atoms with van der Waals surface area (Å²) in [4.78, 5) is 9.18. The third-order valence-electron chi connectivity index (χ3n) is 1.88. The number of thiazole rings is 1. The standard InChI is InChI=1S/C10H9ClN2OS/c1-6(14)9-5-13-10(15-9)8-3-2-7(11)4-12-8/h2-6,14H,1H3. The zero-order chi connectivity index (χ0) is 10.8. The largest absolute Gasteiger partial charge is 0.388 e. The van der Waals surface area contributed by atoms with Gasteiger partial charge in [0.15, 0.2) is 0 Å². The van der Waals surface area contributed by atoms with E-state index >= 15 is 0 Å². The Balaban J connectivity index is 2.33. The molecule has 2 aromatic heterocycles. The van der Waals surface area contributed by atoms with Gasteiger partial charge in [-0.25, -0.2) is 4.98 Å². The molecule has 5 heteroatoms. The van der Waals surface area contributed by atoms with Gasteiger partial charge in [-0.05, 0) is 19.1 Å². The van der Waals surface area contributed by atoms with Crippen LogP contribution in [-0.4, -0.2) is 15.1 Å². The van der Waals surface area contributed by atoms with E-state index in [0.29, 0.717) is 5.02 Å². The van der Waals surface area contributed by atoms with Crippen molar-refractivity contribution in [1.29, 1.82) is 0 Å². The van der Waals surface area contributed by atoms with Crippen LogP contribution >= 0.6 is 22.9 Å². The minimum absolute atomic E-state index is 0.483. The summed E-state index contributed by atoms with van der Waals surface area (Å²) in [5.74, 6) is 0. The summed E-state index contributed by atoms with van der Waals surface area (Å²) < 4.78 is 0. The predicted octanol–water partition coefficient (Wildman–Crippen LogP) is 2.91. The van der Waals surface area contributed by atoms with E-state index in [0.717, 1.165) is 15.6 Å². The maximum atomic E-state index is 9.36.